The van der Waals surface area contributed by atoms with Crippen LogP contribution in [-0.4, -0.2) is 23.2 Å². The highest BCUT2D eigenvalue weighted by Gasteiger charge is 2.09. The van der Waals surface area contributed by atoms with Crippen molar-refractivity contribution in [2.45, 2.75) is 13.8 Å². The maximum Gasteiger partial charge on any atom is 0.256 e. The van der Waals surface area contributed by atoms with Crippen LogP contribution < -0.4 is 15.4 Å². The molecule has 1 heterocycles. The Hall–Kier alpha value is -3.41. The van der Waals surface area contributed by atoms with Gasteiger partial charge in [0.05, 0.1) is 7.11 Å². The number of nitrogens with zero attached hydrogens (tertiary/aromatic N) is 2. The lowest BCUT2D eigenvalue weighted by Gasteiger charge is -2.11. The fourth-order valence-corrected chi connectivity index (χ4v) is 2.44. The summed E-state index contributed by atoms with van der Waals surface area (Å²) in [6.45, 7) is 4.11. The van der Waals surface area contributed by atoms with Crippen LogP contribution in [0.5, 0.6) is 5.75 Å². The topological polar surface area (TPSA) is 76.1 Å². The van der Waals surface area contributed by atoms with Gasteiger partial charge in [-0.2, -0.15) is 0 Å². The third-order valence-corrected chi connectivity index (χ3v) is 4.11. The van der Waals surface area contributed by atoms with Crippen LogP contribution in [0.4, 0.5) is 17.3 Å². The highest BCUT2D eigenvalue weighted by Crippen LogP contribution is 2.22. The van der Waals surface area contributed by atoms with E-state index < -0.39 is 0 Å². The molecule has 0 aliphatic heterocycles. The lowest BCUT2D eigenvalue weighted by Crippen LogP contribution is -2.13. The van der Waals surface area contributed by atoms with Gasteiger partial charge in [-0.05, 0) is 61.4 Å². The Balaban J connectivity index is 1.69. The van der Waals surface area contributed by atoms with Crippen LogP contribution in [0.15, 0.2) is 54.6 Å². The number of carbonyl (C=O) groups is 1. The Morgan fingerprint density at radius 3 is 2.42 bits per heavy atom. The summed E-state index contributed by atoms with van der Waals surface area (Å²) in [6, 6.07) is 16.4. The van der Waals surface area contributed by atoms with Crippen molar-refractivity contribution in [3.05, 3.63) is 71.3 Å². The first-order valence-corrected chi connectivity index (χ1v) is 8.19. The highest BCUT2D eigenvalue weighted by atomic mass is 16.5. The summed E-state index contributed by atoms with van der Waals surface area (Å²) in [5, 5.41) is 14.1. The minimum atomic E-state index is -0.270. The van der Waals surface area contributed by atoms with E-state index in [0.717, 1.165) is 11.3 Å². The van der Waals surface area contributed by atoms with Gasteiger partial charge in [0.25, 0.3) is 5.91 Å². The number of anilines is 3. The normalized spacial score (nSPS) is 10.3. The van der Waals surface area contributed by atoms with Crippen molar-refractivity contribution in [1.82, 2.24) is 10.2 Å². The summed E-state index contributed by atoms with van der Waals surface area (Å²) in [7, 11) is 1.56. The number of amides is 1. The molecule has 0 atom stereocenters. The molecule has 0 saturated heterocycles. The molecule has 3 rings (SSSR count). The van der Waals surface area contributed by atoms with Crippen LogP contribution in [0, 0.1) is 13.8 Å². The van der Waals surface area contributed by atoms with E-state index in [1.54, 1.807) is 43.5 Å². The molecule has 132 valence electrons. The van der Waals surface area contributed by atoms with Crippen LogP contribution in [-0.2, 0) is 0 Å². The molecular weight excluding hydrogens is 328 g/mol. The Morgan fingerprint density at radius 2 is 1.69 bits per heavy atom. The van der Waals surface area contributed by atoms with Gasteiger partial charge in [-0.3, -0.25) is 4.79 Å². The second-order valence-electron chi connectivity index (χ2n) is 5.86. The number of carbonyl (C=O) groups excluding carboxylic acids is 1. The molecule has 2 aromatic carbocycles. The number of hydrogen-bond donors (Lipinski definition) is 2. The molecule has 0 spiro atoms. The first-order chi connectivity index (χ1) is 12.6. The first kappa shape index (κ1) is 17.4. The average molecular weight is 348 g/mol. The molecule has 6 heteroatoms. The molecule has 1 amide bonds. The zero-order chi connectivity index (χ0) is 18.5. The van der Waals surface area contributed by atoms with Crippen molar-refractivity contribution in [3.8, 4) is 5.75 Å². The number of benzene rings is 2. The smallest absolute Gasteiger partial charge is 0.256 e. The van der Waals surface area contributed by atoms with Crippen LogP contribution in [0.3, 0.4) is 0 Å². The van der Waals surface area contributed by atoms with Crippen molar-refractivity contribution < 1.29 is 9.53 Å². The predicted molar refractivity (Wildman–Crippen MR) is 102 cm³/mol. The standard InChI is InChI=1S/C20H20N4O2/c1-13-6-4-9-17(14(13)2)21-18-10-11-19(24-23-18)22-20(25)15-7-5-8-16(12-15)26-3/h4-12H,1-3H3,(H,21,23)(H,22,24,25). The van der Waals surface area contributed by atoms with E-state index in [9.17, 15) is 4.79 Å². The first-order valence-electron chi connectivity index (χ1n) is 8.19. The molecule has 0 radical (unpaired) electrons. The maximum atomic E-state index is 12.3. The highest BCUT2D eigenvalue weighted by molar-refractivity contribution is 6.04. The molecule has 0 saturated carbocycles. The molecular formula is C20H20N4O2. The second kappa shape index (κ2) is 7.65. The molecule has 1 aromatic heterocycles. The molecule has 3 aromatic rings. The Morgan fingerprint density at radius 1 is 0.962 bits per heavy atom. The number of methoxy groups -OCH3 is 1. The zero-order valence-electron chi connectivity index (χ0n) is 14.9. The second-order valence-corrected chi connectivity index (χ2v) is 5.86. The lowest BCUT2D eigenvalue weighted by atomic mass is 10.1. The minimum absolute atomic E-state index is 0.270. The van der Waals surface area contributed by atoms with Crippen molar-refractivity contribution in [3.63, 3.8) is 0 Å². The van der Waals surface area contributed by atoms with Crippen molar-refractivity contribution in [1.29, 1.82) is 0 Å². The molecule has 0 aliphatic carbocycles. The summed E-state index contributed by atoms with van der Waals surface area (Å²) >= 11 is 0. The molecule has 0 bridgehead atoms. The van der Waals surface area contributed by atoms with Gasteiger partial charge in [0.1, 0.15) is 5.75 Å². The molecule has 26 heavy (non-hydrogen) atoms. The van der Waals surface area contributed by atoms with Crippen molar-refractivity contribution >= 4 is 23.2 Å². The Kier molecular flexibility index (Phi) is 5.12. The van der Waals surface area contributed by atoms with E-state index in [-0.39, 0.29) is 5.91 Å². The Bertz CT molecular complexity index is 923. The van der Waals surface area contributed by atoms with Crippen LogP contribution in [0.1, 0.15) is 21.5 Å². The predicted octanol–water partition coefficient (Wildman–Crippen LogP) is 4.10. The Labute approximate surface area is 152 Å². The third-order valence-electron chi connectivity index (χ3n) is 4.11. The third kappa shape index (κ3) is 3.97. The maximum absolute atomic E-state index is 12.3. The summed E-state index contributed by atoms with van der Waals surface area (Å²) in [4.78, 5) is 12.3. The van der Waals surface area contributed by atoms with E-state index in [1.807, 2.05) is 19.1 Å². The van der Waals surface area contributed by atoms with Crippen molar-refractivity contribution in [2.24, 2.45) is 0 Å². The van der Waals surface area contributed by atoms with E-state index in [0.29, 0.717) is 22.9 Å². The van der Waals surface area contributed by atoms with Gasteiger partial charge in [-0.25, -0.2) is 0 Å². The average Bonchev–Trinajstić information content (AvgIpc) is 2.67. The number of aromatic nitrogens is 2. The van der Waals surface area contributed by atoms with E-state index in [1.165, 1.54) is 5.56 Å². The monoisotopic (exact) mass is 348 g/mol. The number of nitrogens with one attached hydrogen (secondary N) is 2. The largest absolute Gasteiger partial charge is 0.497 e. The van der Waals surface area contributed by atoms with Gasteiger partial charge in [0.15, 0.2) is 11.6 Å². The number of ether oxygens (including phenoxy) is 1. The molecule has 2 N–H and O–H groups in total. The van der Waals surface area contributed by atoms with Crippen LogP contribution >= 0.6 is 0 Å². The SMILES string of the molecule is COc1cccc(C(=O)Nc2ccc(Nc3cccc(C)c3C)nn2)c1. The van der Waals surface area contributed by atoms with Gasteiger partial charge >= 0.3 is 0 Å². The quantitative estimate of drug-likeness (QED) is 0.726. The molecule has 0 unspecified atom stereocenters. The fraction of sp³-hybridized carbons (Fsp3) is 0.150. The van der Waals surface area contributed by atoms with E-state index in [2.05, 4.69) is 33.8 Å². The minimum Gasteiger partial charge on any atom is -0.497 e. The molecule has 0 aliphatic rings. The summed E-state index contributed by atoms with van der Waals surface area (Å²) in [6.07, 6.45) is 0. The fourth-order valence-electron chi connectivity index (χ4n) is 2.44. The van der Waals surface area contributed by atoms with Crippen LogP contribution in [0.25, 0.3) is 0 Å². The zero-order valence-corrected chi connectivity index (χ0v) is 14.9. The number of aryl methyl sites for hydroxylation is 1. The van der Waals surface area contributed by atoms with Crippen LogP contribution in [0.2, 0.25) is 0 Å². The molecule has 6 nitrogen and oxygen atoms in total. The van der Waals surface area contributed by atoms with Gasteiger partial charge in [0.2, 0.25) is 0 Å². The number of hydrogen-bond acceptors (Lipinski definition) is 5. The van der Waals surface area contributed by atoms with Gasteiger partial charge < -0.3 is 15.4 Å². The van der Waals surface area contributed by atoms with Gasteiger partial charge in [-0.15, -0.1) is 10.2 Å². The van der Waals surface area contributed by atoms with Gasteiger partial charge in [-0.1, -0.05) is 18.2 Å². The number of rotatable bonds is 5. The molecule has 0 fully saturated rings. The van der Waals surface area contributed by atoms with E-state index >= 15 is 0 Å². The van der Waals surface area contributed by atoms with E-state index in [4.69, 9.17) is 4.74 Å². The summed E-state index contributed by atoms with van der Waals surface area (Å²) in [5.41, 5.74) is 3.83. The van der Waals surface area contributed by atoms with Crippen molar-refractivity contribution in [2.75, 3.05) is 17.7 Å². The summed E-state index contributed by atoms with van der Waals surface area (Å²) in [5.74, 6) is 1.34. The lowest BCUT2D eigenvalue weighted by molar-refractivity contribution is 0.102. The summed E-state index contributed by atoms with van der Waals surface area (Å²) < 4.78 is 5.13. The van der Waals surface area contributed by atoms with Gasteiger partial charge in [0, 0.05) is 11.3 Å².